The first-order valence-electron chi connectivity index (χ1n) is 5.14. The van der Waals surface area contributed by atoms with Crippen molar-refractivity contribution in [2.45, 2.75) is 6.18 Å². The average Bonchev–Trinajstić information content (AvgIpc) is 2.25. The minimum absolute atomic E-state index is 0.128. The average molecular weight is 261 g/mol. The maximum atomic E-state index is 12.2. The highest BCUT2D eigenvalue weighted by molar-refractivity contribution is 5.96. The molecule has 0 aliphatic carbocycles. The number of hydrogen-bond donors (Lipinski definition) is 2. The summed E-state index contributed by atoms with van der Waals surface area (Å²) in [5.74, 6) is -0.341. The van der Waals surface area contributed by atoms with Crippen LogP contribution in [0.2, 0.25) is 0 Å². The molecular weight excluding hydrogens is 247 g/mol. The van der Waals surface area contributed by atoms with Crippen molar-refractivity contribution in [1.29, 1.82) is 0 Å². The Kier molecular flexibility index (Phi) is 4.05. The normalized spacial score (nSPS) is 11.2. The Balaban J connectivity index is 2.95. The van der Waals surface area contributed by atoms with Gasteiger partial charge in [0.05, 0.1) is 11.4 Å². The van der Waals surface area contributed by atoms with Crippen LogP contribution in [0.4, 0.5) is 24.5 Å². The third kappa shape index (κ3) is 3.54. The Hall–Kier alpha value is -1.92. The van der Waals surface area contributed by atoms with Crippen LogP contribution in [0.1, 0.15) is 10.4 Å². The summed E-state index contributed by atoms with van der Waals surface area (Å²) in [4.78, 5) is 12.3. The van der Waals surface area contributed by atoms with Crippen LogP contribution in [0.3, 0.4) is 0 Å². The molecule has 4 nitrogen and oxygen atoms in total. The number of anilines is 2. The van der Waals surface area contributed by atoms with Crippen LogP contribution in [0.25, 0.3) is 0 Å². The largest absolute Gasteiger partial charge is 0.405 e. The second-order valence-corrected chi connectivity index (χ2v) is 3.82. The van der Waals surface area contributed by atoms with Crippen LogP contribution >= 0.6 is 0 Å². The Labute approximate surface area is 103 Å². The molecule has 0 aliphatic rings. The van der Waals surface area contributed by atoms with Gasteiger partial charge in [-0.15, -0.1) is 0 Å². The Morgan fingerprint density at radius 3 is 2.50 bits per heavy atom. The van der Waals surface area contributed by atoms with Gasteiger partial charge >= 0.3 is 6.18 Å². The van der Waals surface area contributed by atoms with Gasteiger partial charge in [-0.3, -0.25) is 4.79 Å². The van der Waals surface area contributed by atoms with E-state index in [4.69, 9.17) is 5.73 Å². The van der Waals surface area contributed by atoms with Gasteiger partial charge in [0.15, 0.2) is 0 Å². The molecule has 0 unspecified atom stereocenters. The maximum Gasteiger partial charge on any atom is 0.405 e. The number of alkyl halides is 3. The van der Waals surface area contributed by atoms with Crippen molar-refractivity contribution in [2.75, 3.05) is 31.3 Å². The van der Waals surface area contributed by atoms with E-state index in [9.17, 15) is 18.0 Å². The van der Waals surface area contributed by atoms with Crippen LogP contribution in [0, 0.1) is 0 Å². The summed E-state index contributed by atoms with van der Waals surface area (Å²) >= 11 is 0. The predicted molar refractivity (Wildman–Crippen MR) is 63.6 cm³/mol. The monoisotopic (exact) mass is 261 g/mol. The molecule has 0 bridgehead atoms. The first-order chi connectivity index (χ1) is 8.24. The molecular formula is C11H14F3N3O. The van der Waals surface area contributed by atoms with Crippen LogP contribution in [-0.2, 0) is 0 Å². The van der Waals surface area contributed by atoms with Crippen LogP contribution in [-0.4, -0.2) is 32.7 Å². The first-order valence-corrected chi connectivity index (χ1v) is 5.14. The van der Waals surface area contributed by atoms with Crippen molar-refractivity contribution >= 4 is 17.3 Å². The zero-order valence-electron chi connectivity index (χ0n) is 10.0. The van der Waals surface area contributed by atoms with E-state index in [0.29, 0.717) is 5.56 Å². The second kappa shape index (κ2) is 5.16. The molecule has 0 heterocycles. The molecule has 7 heteroatoms. The number of benzene rings is 1. The number of amides is 1. The number of carbonyl (C=O) groups excluding carboxylic acids is 1. The first kappa shape index (κ1) is 14.1. The summed E-state index contributed by atoms with van der Waals surface area (Å²) < 4.78 is 36.7. The molecule has 0 spiro atoms. The SMILES string of the molecule is CNC(=O)c1ccc(N(C)CC(F)(F)F)c(N)c1. The van der Waals surface area contributed by atoms with Gasteiger partial charge in [-0.05, 0) is 18.2 Å². The van der Waals surface area contributed by atoms with Crippen molar-refractivity contribution in [2.24, 2.45) is 0 Å². The van der Waals surface area contributed by atoms with Crippen molar-refractivity contribution in [1.82, 2.24) is 5.32 Å². The quantitative estimate of drug-likeness (QED) is 0.813. The lowest BCUT2D eigenvalue weighted by Crippen LogP contribution is -2.31. The van der Waals surface area contributed by atoms with Gasteiger partial charge in [-0.25, -0.2) is 0 Å². The minimum atomic E-state index is -4.30. The molecule has 1 aromatic rings. The minimum Gasteiger partial charge on any atom is -0.397 e. The van der Waals surface area contributed by atoms with Gasteiger partial charge in [0.2, 0.25) is 0 Å². The van der Waals surface area contributed by atoms with Crippen molar-refractivity contribution < 1.29 is 18.0 Å². The van der Waals surface area contributed by atoms with Crippen LogP contribution < -0.4 is 16.0 Å². The predicted octanol–water partition coefficient (Wildman–Crippen LogP) is 1.63. The molecule has 0 radical (unpaired) electrons. The summed E-state index contributed by atoms with van der Waals surface area (Å²) in [7, 11) is 2.75. The number of halogens is 3. The van der Waals surface area contributed by atoms with E-state index in [1.807, 2.05) is 0 Å². The molecule has 0 saturated carbocycles. The zero-order valence-corrected chi connectivity index (χ0v) is 10.0. The highest BCUT2D eigenvalue weighted by Gasteiger charge is 2.30. The van der Waals surface area contributed by atoms with E-state index in [2.05, 4.69) is 5.32 Å². The zero-order chi connectivity index (χ0) is 13.9. The summed E-state index contributed by atoms with van der Waals surface area (Å²) in [6.07, 6.45) is -4.30. The molecule has 1 aromatic carbocycles. The fourth-order valence-electron chi connectivity index (χ4n) is 1.54. The molecule has 0 aromatic heterocycles. The molecule has 0 saturated heterocycles. The second-order valence-electron chi connectivity index (χ2n) is 3.82. The molecule has 0 fully saturated rings. The Morgan fingerprint density at radius 2 is 2.06 bits per heavy atom. The highest BCUT2D eigenvalue weighted by atomic mass is 19.4. The van der Waals surface area contributed by atoms with E-state index in [1.165, 1.54) is 32.3 Å². The molecule has 3 N–H and O–H groups in total. The summed E-state index contributed by atoms with van der Waals surface area (Å²) in [5, 5.41) is 2.41. The van der Waals surface area contributed by atoms with Gasteiger partial charge in [-0.2, -0.15) is 13.2 Å². The maximum absolute atomic E-state index is 12.2. The number of rotatable bonds is 3. The van der Waals surface area contributed by atoms with Crippen molar-refractivity contribution in [3.8, 4) is 0 Å². The smallest absolute Gasteiger partial charge is 0.397 e. The van der Waals surface area contributed by atoms with Gasteiger partial charge in [0.25, 0.3) is 5.91 Å². The molecule has 1 rings (SSSR count). The van der Waals surface area contributed by atoms with E-state index in [-0.39, 0.29) is 17.3 Å². The summed E-state index contributed by atoms with van der Waals surface area (Å²) in [6, 6.07) is 4.17. The number of nitrogens with one attached hydrogen (secondary N) is 1. The van der Waals surface area contributed by atoms with Crippen molar-refractivity contribution in [3.05, 3.63) is 23.8 Å². The third-order valence-electron chi connectivity index (χ3n) is 2.34. The molecule has 0 atom stereocenters. The van der Waals surface area contributed by atoms with E-state index >= 15 is 0 Å². The fraction of sp³-hybridized carbons (Fsp3) is 0.364. The summed E-state index contributed by atoms with van der Waals surface area (Å²) in [6.45, 7) is -1.10. The lowest BCUT2D eigenvalue weighted by molar-refractivity contribution is -0.119. The number of nitrogens with zero attached hydrogens (tertiary/aromatic N) is 1. The van der Waals surface area contributed by atoms with E-state index in [0.717, 1.165) is 4.90 Å². The van der Waals surface area contributed by atoms with Crippen LogP contribution in [0.15, 0.2) is 18.2 Å². The molecule has 18 heavy (non-hydrogen) atoms. The fourth-order valence-corrected chi connectivity index (χ4v) is 1.54. The van der Waals surface area contributed by atoms with Crippen molar-refractivity contribution in [3.63, 3.8) is 0 Å². The number of nitrogen functional groups attached to an aromatic ring is 1. The Bertz CT molecular complexity index is 446. The lowest BCUT2D eigenvalue weighted by Gasteiger charge is -2.22. The standard InChI is InChI=1S/C11H14F3N3O/c1-16-10(18)7-3-4-9(8(15)5-7)17(2)6-11(12,13)14/h3-5H,6,15H2,1-2H3,(H,16,18). The van der Waals surface area contributed by atoms with Gasteiger partial charge < -0.3 is 16.0 Å². The highest BCUT2D eigenvalue weighted by Crippen LogP contribution is 2.26. The van der Waals surface area contributed by atoms with Gasteiger partial charge in [0.1, 0.15) is 6.54 Å². The molecule has 100 valence electrons. The van der Waals surface area contributed by atoms with E-state index < -0.39 is 12.7 Å². The molecule has 1 amide bonds. The topological polar surface area (TPSA) is 58.4 Å². The Morgan fingerprint density at radius 1 is 1.44 bits per heavy atom. The molecule has 0 aliphatic heterocycles. The third-order valence-corrected chi connectivity index (χ3v) is 2.34. The van der Waals surface area contributed by atoms with Gasteiger partial charge in [-0.1, -0.05) is 0 Å². The lowest BCUT2D eigenvalue weighted by atomic mass is 10.1. The van der Waals surface area contributed by atoms with Gasteiger partial charge in [0, 0.05) is 19.7 Å². The summed E-state index contributed by atoms with van der Waals surface area (Å²) in [5.41, 5.74) is 6.31. The van der Waals surface area contributed by atoms with E-state index in [1.54, 1.807) is 0 Å². The number of nitrogens with two attached hydrogens (primary N) is 1. The number of hydrogen-bond acceptors (Lipinski definition) is 3. The number of carbonyl (C=O) groups is 1. The van der Waals surface area contributed by atoms with Crippen LogP contribution in [0.5, 0.6) is 0 Å².